The SMILES string of the molecule is CC.CCc1nc(C(N)=O)c(Nc2cccc(CCNC(=O)CNC)c2)nc1NC(C)C. The summed E-state index contributed by atoms with van der Waals surface area (Å²) in [6, 6.07) is 7.86. The molecule has 0 saturated carbocycles. The molecule has 32 heavy (non-hydrogen) atoms. The Balaban J connectivity index is 0.00000249. The molecule has 2 amide bonds. The Hall–Kier alpha value is -3.20. The normalized spacial score (nSPS) is 10.2. The zero-order chi connectivity index (χ0) is 24.1. The fourth-order valence-corrected chi connectivity index (χ4v) is 2.88. The van der Waals surface area contributed by atoms with E-state index in [-0.39, 0.29) is 24.2 Å². The van der Waals surface area contributed by atoms with Crippen LogP contribution in [-0.4, -0.2) is 48.0 Å². The highest BCUT2D eigenvalue weighted by Crippen LogP contribution is 2.23. The number of carbonyl (C=O) groups is 2. The van der Waals surface area contributed by atoms with E-state index in [1.165, 1.54) is 0 Å². The maximum Gasteiger partial charge on any atom is 0.271 e. The van der Waals surface area contributed by atoms with E-state index in [1.54, 1.807) is 7.05 Å². The number of nitrogens with two attached hydrogens (primary N) is 1. The number of amides is 2. The maximum atomic E-state index is 12.0. The summed E-state index contributed by atoms with van der Waals surface area (Å²) in [5.74, 6) is 0.249. The van der Waals surface area contributed by atoms with Gasteiger partial charge in [0.2, 0.25) is 5.91 Å². The first-order chi connectivity index (χ1) is 15.3. The van der Waals surface area contributed by atoms with Gasteiger partial charge in [0.05, 0.1) is 12.2 Å². The highest BCUT2D eigenvalue weighted by Gasteiger charge is 2.17. The van der Waals surface area contributed by atoms with Gasteiger partial charge in [0.15, 0.2) is 11.5 Å². The van der Waals surface area contributed by atoms with E-state index in [0.29, 0.717) is 36.7 Å². The van der Waals surface area contributed by atoms with E-state index in [9.17, 15) is 9.59 Å². The number of primary amides is 1. The van der Waals surface area contributed by atoms with Crippen LogP contribution in [0.5, 0.6) is 0 Å². The smallest absolute Gasteiger partial charge is 0.271 e. The van der Waals surface area contributed by atoms with Crippen molar-refractivity contribution in [2.24, 2.45) is 5.73 Å². The molecule has 0 aliphatic heterocycles. The Bertz CT molecular complexity index is 885. The summed E-state index contributed by atoms with van der Waals surface area (Å²) < 4.78 is 0. The van der Waals surface area contributed by atoms with Crippen LogP contribution in [0.15, 0.2) is 24.3 Å². The fraction of sp³-hybridized carbons (Fsp3) is 0.478. The van der Waals surface area contributed by atoms with Crippen LogP contribution in [0.3, 0.4) is 0 Å². The van der Waals surface area contributed by atoms with E-state index >= 15 is 0 Å². The predicted octanol–water partition coefficient (Wildman–Crippen LogP) is 2.61. The van der Waals surface area contributed by atoms with Crippen molar-refractivity contribution in [2.45, 2.75) is 53.5 Å². The average molecular weight is 444 g/mol. The number of rotatable bonds is 11. The summed E-state index contributed by atoms with van der Waals surface area (Å²) in [6.07, 6.45) is 1.30. The summed E-state index contributed by atoms with van der Waals surface area (Å²) in [4.78, 5) is 32.5. The maximum absolute atomic E-state index is 12.0. The quantitative estimate of drug-likeness (QED) is 0.360. The molecule has 1 aromatic heterocycles. The molecule has 0 fully saturated rings. The first-order valence-electron chi connectivity index (χ1n) is 11.1. The van der Waals surface area contributed by atoms with Crippen molar-refractivity contribution in [3.8, 4) is 0 Å². The highest BCUT2D eigenvalue weighted by atomic mass is 16.2. The van der Waals surface area contributed by atoms with E-state index < -0.39 is 5.91 Å². The number of anilines is 3. The Kier molecular flexibility index (Phi) is 11.7. The zero-order valence-electron chi connectivity index (χ0n) is 20.0. The molecule has 0 unspecified atom stereocenters. The number of hydrogen-bond acceptors (Lipinski definition) is 7. The monoisotopic (exact) mass is 443 g/mol. The van der Waals surface area contributed by atoms with Gasteiger partial charge < -0.3 is 27.0 Å². The summed E-state index contributed by atoms with van der Waals surface area (Å²) in [6.45, 7) is 10.8. The number of benzene rings is 1. The number of aryl methyl sites for hydroxylation is 1. The minimum atomic E-state index is -0.640. The van der Waals surface area contributed by atoms with Crippen LogP contribution < -0.4 is 27.0 Å². The molecule has 1 heterocycles. The Morgan fingerprint density at radius 1 is 1.12 bits per heavy atom. The Morgan fingerprint density at radius 3 is 2.44 bits per heavy atom. The van der Waals surface area contributed by atoms with Gasteiger partial charge in [-0.1, -0.05) is 32.9 Å². The standard InChI is InChI=1S/C21H31N7O2.C2H6/c1-5-16-20(25-13(2)3)28-21(18(27-16)19(22)30)26-15-8-6-7-14(11-15)9-10-24-17(29)12-23-4;1-2/h6-8,11,13,23H,5,9-10,12H2,1-4H3,(H2,22,30)(H,24,29)(H2,25,26,28);1-2H3. The fourth-order valence-electron chi connectivity index (χ4n) is 2.88. The van der Waals surface area contributed by atoms with Gasteiger partial charge in [0.25, 0.3) is 5.91 Å². The van der Waals surface area contributed by atoms with Crippen molar-refractivity contribution >= 4 is 29.1 Å². The number of aromatic nitrogens is 2. The van der Waals surface area contributed by atoms with Gasteiger partial charge in [-0.2, -0.15) is 0 Å². The van der Waals surface area contributed by atoms with Crippen LogP contribution in [-0.2, 0) is 17.6 Å². The number of carbonyl (C=O) groups excluding carboxylic acids is 2. The molecule has 0 saturated heterocycles. The molecule has 0 aliphatic rings. The molecule has 9 heteroatoms. The lowest BCUT2D eigenvalue weighted by Gasteiger charge is -2.17. The first kappa shape index (κ1) is 26.8. The van der Waals surface area contributed by atoms with Crippen LogP contribution in [0, 0.1) is 0 Å². The second kappa shape index (κ2) is 14.0. The third-order valence-electron chi connectivity index (χ3n) is 4.22. The summed E-state index contributed by atoms with van der Waals surface area (Å²) >= 11 is 0. The third-order valence-corrected chi connectivity index (χ3v) is 4.22. The van der Waals surface area contributed by atoms with Crippen molar-refractivity contribution in [1.82, 2.24) is 20.6 Å². The van der Waals surface area contributed by atoms with Crippen molar-refractivity contribution in [2.75, 3.05) is 30.8 Å². The zero-order valence-corrected chi connectivity index (χ0v) is 20.0. The molecular weight excluding hydrogens is 406 g/mol. The molecule has 2 rings (SSSR count). The second-order valence-corrected chi connectivity index (χ2v) is 7.19. The number of likely N-dealkylation sites (N-methyl/N-ethyl adjacent to an activating group) is 1. The topological polar surface area (TPSA) is 134 Å². The van der Waals surface area contributed by atoms with Crippen molar-refractivity contribution < 1.29 is 9.59 Å². The lowest BCUT2D eigenvalue weighted by atomic mass is 10.1. The van der Waals surface area contributed by atoms with Gasteiger partial charge in [-0.25, -0.2) is 9.97 Å². The average Bonchev–Trinajstić information content (AvgIpc) is 2.75. The minimum Gasteiger partial charge on any atom is -0.366 e. The number of nitrogens with zero attached hydrogens (tertiary/aromatic N) is 2. The number of hydrogen-bond donors (Lipinski definition) is 5. The van der Waals surface area contributed by atoms with E-state index in [0.717, 1.165) is 11.3 Å². The summed E-state index contributed by atoms with van der Waals surface area (Å²) in [5, 5.41) is 12.1. The molecule has 0 spiro atoms. The molecule has 1 aromatic carbocycles. The van der Waals surface area contributed by atoms with Crippen LogP contribution in [0.2, 0.25) is 0 Å². The van der Waals surface area contributed by atoms with Gasteiger partial charge in [-0.15, -0.1) is 0 Å². The highest BCUT2D eigenvalue weighted by molar-refractivity contribution is 5.96. The lowest BCUT2D eigenvalue weighted by Crippen LogP contribution is -2.33. The van der Waals surface area contributed by atoms with Crippen LogP contribution in [0.25, 0.3) is 0 Å². The first-order valence-corrected chi connectivity index (χ1v) is 11.1. The van der Waals surface area contributed by atoms with Crippen molar-refractivity contribution in [1.29, 1.82) is 0 Å². The molecule has 0 aliphatic carbocycles. The van der Waals surface area contributed by atoms with Gasteiger partial charge in [0, 0.05) is 18.3 Å². The molecule has 0 atom stereocenters. The van der Waals surface area contributed by atoms with Crippen LogP contribution in [0.1, 0.15) is 56.4 Å². The van der Waals surface area contributed by atoms with Gasteiger partial charge in [-0.05, 0) is 51.4 Å². The van der Waals surface area contributed by atoms with Crippen molar-refractivity contribution in [3.63, 3.8) is 0 Å². The second-order valence-electron chi connectivity index (χ2n) is 7.19. The predicted molar refractivity (Wildman–Crippen MR) is 130 cm³/mol. The molecule has 6 N–H and O–H groups in total. The van der Waals surface area contributed by atoms with Crippen LogP contribution in [0.4, 0.5) is 17.3 Å². The van der Waals surface area contributed by atoms with E-state index in [2.05, 4.69) is 31.2 Å². The van der Waals surface area contributed by atoms with Gasteiger partial charge >= 0.3 is 0 Å². The Labute approximate surface area is 191 Å². The largest absolute Gasteiger partial charge is 0.366 e. The van der Waals surface area contributed by atoms with Gasteiger partial charge in [-0.3, -0.25) is 9.59 Å². The summed E-state index contributed by atoms with van der Waals surface area (Å²) in [5.41, 5.74) is 8.12. The molecule has 0 radical (unpaired) electrons. The minimum absolute atomic E-state index is 0.0469. The van der Waals surface area contributed by atoms with Crippen molar-refractivity contribution in [3.05, 3.63) is 41.2 Å². The molecule has 0 bridgehead atoms. The molecule has 176 valence electrons. The number of nitrogens with one attached hydrogen (secondary N) is 4. The van der Waals surface area contributed by atoms with E-state index in [4.69, 9.17) is 5.73 Å². The lowest BCUT2D eigenvalue weighted by molar-refractivity contribution is -0.120. The molecular formula is C23H37N7O2. The molecule has 9 nitrogen and oxygen atoms in total. The van der Waals surface area contributed by atoms with Crippen LogP contribution >= 0.6 is 0 Å². The van der Waals surface area contributed by atoms with E-state index in [1.807, 2.05) is 58.9 Å². The third kappa shape index (κ3) is 8.50. The Morgan fingerprint density at radius 2 is 1.84 bits per heavy atom. The van der Waals surface area contributed by atoms with Gasteiger partial charge in [0.1, 0.15) is 5.82 Å². The molecule has 2 aromatic rings. The summed E-state index contributed by atoms with van der Waals surface area (Å²) in [7, 11) is 1.73.